The summed E-state index contributed by atoms with van der Waals surface area (Å²) in [6.45, 7) is 2.01. The van der Waals surface area contributed by atoms with Gasteiger partial charge in [0.1, 0.15) is 23.0 Å². The van der Waals surface area contributed by atoms with Crippen LogP contribution in [-0.2, 0) is 14.9 Å². The average molecular weight is 530 g/mol. The van der Waals surface area contributed by atoms with Gasteiger partial charge in [0.05, 0.1) is 16.5 Å². The van der Waals surface area contributed by atoms with Crippen LogP contribution in [0.1, 0.15) is 11.1 Å². The third kappa shape index (κ3) is 6.05. The highest BCUT2D eigenvalue weighted by Crippen LogP contribution is 2.33. The summed E-state index contributed by atoms with van der Waals surface area (Å²) in [7, 11) is -4.02. The lowest BCUT2D eigenvalue weighted by Crippen LogP contribution is -2.32. The van der Waals surface area contributed by atoms with Crippen LogP contribution in [0, 0.1) is 6.92 Å². The smallest absolute Gasteiger partial charge is 0.339 e. The Labute approximate surface area is 212 Å². The highest BCUT2D eigenvalue weighted by molar-refractivity contribution is 8.18. The van der Waals surface area contributed by atoms with Gasteiger partial charge in [0, 0.05) is 0 Å². The van der Waals surface area contributed by atoms with Crippen LogP contribution in [0.3, 0.4) is 0 Å². The number of ether oxygens (including phenoxy) is 1. The van der Waals surface area contributed by atoms with Crippen molar-refractivity contribution < 1.29 is 26.9 Å². The van der Waals surface area contributed by atoms with Crippen LogP contribution in [0.2, 0.25) is 5.02 Å². The van der Waals surface area contributed by atoms with E-state index >= 15 is 0 Å². The molecular formula is C25H20ClNO6S2. The molecule has 0 bridgehead atoms. The predicted molar refractivity (Wildman–Crippen MR) is 135 cm³/mol. The third-order valence-electron chi connectivity index (χ3n) is 4.95. The van der Waals surface area contributed by atoms with Gasteiger partial charge in [-0.25, -0.2) is 0 Å². The number of benzene rings is 3. The Morgan fingerprint density at radius 1 is 1.00 bits per heavy atom. The predicted octanol–water partition coefficient (Wildman–Crippen LogP) is 5.53. The fourth-order valence-corrected chi connectivity index (χ4v) is 5.17. The van der Waals surface area contributed by atoms with E-state index in [1.165, 1.54) is 30.3 Å². The molecular weight excluding hydrogens is 510 g/mol. The minimum absolute atomic E-state index is 0.0358. The van der Waals surface area contributed by atoms with E-state index in [0.29, 0.717) is 16.3 Å². The molecule has 0 spiro atoms. The molecule has 1 fully saturated rings. The zero-order chi connectivity index (χ0) is 25.0. The number of para-hydroxylation sites is 1. The molecule has 2 amide bonds. The van der Waals surface area contributed by atoms with Crippen LogP contribution in [0.4, 0.5) is 4.79 Å². The number of amides is 2. The van der Waals surface area contributed by atoms with E-state index in [0.717, 1.165) is 22.2 Å². The Balaban J connectivity index is 1.43. The lowest BCUT2D eigenvalue weighted by Gasteiger charge is -2.13. The van der Waals surface area contributed by atoms with E-state index in [4.69, 9.17) is 20.5 Å². The van der Waals surface area contributed by atoms with Gasteiger partial charge in [-0.15, -0.1) is 0 Å². The molecule has 1 heterocycles. The molecule has 180 valence electrons. The second-order valence-corrected chi connectivity index (χ2v) is 10.5. The Hall–Kier alpha value is -3.27. The maximum Gasteiger partial charge on any atom is 0.339 e. The first-order chi connectivity index (χ1) is 16.7. The van der Waals surface area contributed by atoms with Gasteiger partial charge in [0.15, 0.2) is 0 Å². The van der Waals surface area contributed by atoms with Crippen molar-refractivity contribution in [3.63, 3.8) is 0 Å². The van der Waals surface area contributed by atoms with Gasteiger partial charge in [0.25, 0.3) is 11.1 Å². The quantitative estimate of drug-likeness (QED) is 0.280. The van der Waals surface area contributed by atoms with Gasteiger partial charge in [-0.3, -0.25) is 14.5 Å². The molecule has 3 aromatic rings. The SMILES string of the molecule is Cc1ccc(S(=O)(=O)Oc2cccc(/C=C3\SC(=O)N(CCOc4ccccc4Cl)C3=O)c2)cc1. The number of hydrogen-bond donors (Lipinski definition) is 0. The third-order valence-corrected chi connectivity index (χ3v) is 7.44. The van der Waals surface area contributed by atoms with E-state index in [1.807, 2.05) is 6.92 Å². The van der Waals surface area contributed by atoms with Gasteiger partial charge in [0.2, 0.25) is 0 Å². The van der Waals surface area contributed by atoms with Crippen molar-refractivity contribution in [1.82, 2.24) is 4.90 Å². The van der Waals surface area contributed by atoms with Crippen molar-refractivity contribution in [3.8, 4) is 11.5 Å². The molecule has 0 N–H and O–H groups in total. The molecule has 3 aromatic carbocycles. The first kappa shape index (κ1) is 24.8. The summed E-state index contributed by atoms with van der Waals surface area (Å²) in [6, 6.07) is 19.5. The zero-order valence-corrected chi connectivity index (χ0v) is 20.9. The number of carbonyl (C=O) groups is 2. The Morgan fingerprint density at radius 3 is 2.49 bits per heavy atom. The molecule has 4 rings (SSSR count). The molecule has 35 heavy (non-hydrogen) atoms. The molecule has 0 saturated carbocycles. The lowest BCUT2D eigenvalue weighted by atomic mass is 10.2. The maximum atomic E-state index is 12.8. The Morgan fingerprint density at radius 2 is 1.74 bits per heavy atom. The number of nitrogens with zero attached hydrogens (tertiary/aromatic N) is 1. The van der Waals surface area contributed by atoms with E-state index < -0.39 is 21.3 Å². The van der Waals surface area contributed by atoms with Crippen LogP contribution in [0.5, 0.6) is 11.5 Å². The number of carbonyl (C=O) groups excluding carboxylic acids is 2. The molecule has 0 aromatic heterocycles. The van der Waals surface area contributed by atoms with Crippen molar-refractivity contribution in [2.45, 2.75) is 11.8 Å². The second kappa shape index (κ2) is 10.6. The van der Waals surface area contributed by atoms with Crippen molar-refractivity contribution in [2.75, 3.05) is 13.2 Å². The molecule has 1 aliphatic heterocycles. The van der Waals surface area contributed by atoms with Crippen molar-refractivity contribution in [1.29, 1.82) is 0 Å². The summed E-state index contributed by atoms with van der Waals surface area (Å²) in [5.41, 5.74) is 1.44. The molecule has 7 nitrogen and oxygen atoms in total. The summed E-state index contributed by atoms with van der Waals surface area (Å²) in [6.07, 6.45) is 1.52. The van der Waals surface area contributed by atoms with Crippen LogP contribution in [0.15, 0.2) is 82.6 Å². The summed E-state index contributed by atoms with van der Waals surface area (Å²) in [5, 5.41) is 0.0198. The summed E-state index contributed by atoms with van der Waals surface area (Å²) < 4.78 is 36.0. The lowest BCUT2D eigenvalue weighted by molar-refractivity contribution is -0.123. The number of hydrogen-bond acceptors (Lipinski definition) is 7. The standard InChI is InChI=1S/C25H20ClNO6S2/c1-17-9-11-20(12-10-17)35(30,31)33-19-6-4-5-18(15-19)16-23-24(28)27(25(29)34-23)13-14-32-22-8-3-2-7-21(22)26/h2-12,15-16H,13-14H2,1H3/b23-16-. The van der Waals surface area contributed by atoms with Crippen molar-refractivity contribution in [3.05, 3.63) is 93.9 Å². The van der Waals surface area contributed by atoms with Gasteiger partial charge < -0.3 is 8.92 Å². The molecule has 0 unspecified atom stereocenters. The van der Waals surface area contributed by atoms with Crippen molar-refractivity contribution in [2.24, 2.45) is 0 Å². The first-order valence-corrected chi connectivity index (χ1v) is 13.1. The van der Waals surface area contributed by atoms with Crippen LogP contribution in [0.25, 0.3) is 6.08 Å². The van der Waals surface area contributed by atoms with Gasteiger partial charge >= 0.3 is 10.1 Å². The minimum Gasteiger partial charge on any atom is -0.490 e. The van der Waals surface area contributed by atoms with Crippen LogP contribution < -0.4 is 8.92 Å². The van der Waals surface area contributed by atoms with Crippen molar-refractivity contribution >= 4 is 50.7 Å². The number of thioether (sulfide) groups is 1. The molecule has 0 atom stereocenters. The normalized spacial score (nSPS) is 15.0. The zero-order valence-electron chi connectivity index (χ0n) is 18.5. The van der Waals surface area contributed by atoms with E-state index in [9.17, 15) is 18.0 Å². The van der Waals surface area contributed by atoms with E-state index in [-0.39, 0.29) is 28.7 Å². The second-order valence-electron chi connectivity index (χ2n) is 7.54. The monoisotopic (exact) mass is 529 g/mol. The highest BCUT2D eigenvalue weighted by atomic mass is 35.5. The molecule has 10 heteroatoms. The highest BCUT2D eigenvalue weighted by Gasteiger charge is 2.34. The largest absolute Gasteiger partial charge is 0.490 e. The van der Waals surface area contributed by atoms with Gasteiger partial charge in [-0.2, -0.15) is 8.42 Å². The van der Waals surface area contributed by atoms with E-state index in [2.05, 4.69) is 0 Å². The summed E-state index contributed by atoms with van der Waals surface area (Å²) in [4.78, 5) is 26.5. The molecule has 0 aliphatic carbocycles. The fraction of sp³-hybridized carbons (Fsp3) is 0.120. The van der Waals surface area contributed by atoms with Gasteiger partial charge in [-0.1, -0.05) is 53.6 Å². The van der Waals surface area contributed by atoms with Crippen LogP contribution in [-0.4, -0.2) is 37.6 Å². The van der Waals surface area contributed by atoms with Crippen LogP contribution >= 0.6 is 23.4 Å². The number of imide groups is 1. The van der Waals surface area contributed by atoms with Gasteiger partial charge in [-0.05, 0) is 66.7 Å². The average Bonchev–Trinajstić information content (AvgIpc) is 3.08. The number of rotatable bonds is 8. The Bertz CT molecular complexity index is 1400. The topological polar surface area (TPSA) is 90.0 Å². The fourth-order valence-electron chi connectivity index (χ4n) is 3.19. The first-order valence-electron chi connectivity index (χ1n) is 10.5. The maximum absolute atomic E-state index is 12.8. The summed E-state index contributed by atoms with van der Waals surface area (Å²) in [5.74, 6) is 0.0992. The number of aryl methyl sites for hydroxylation is 1. The molecule has 1 aliphatic rings. The molecule has 1 saturated heterocycles. The summed E-state index contributed by atoms with van der Waals surface area (Å²) >= 11 is 6.85. The molecule has 0 radical (unpaired) electrons. The minimum atomic E-state index is -4.02. The Kier molecular flexibility index (Phi) is 7.49. The number of halogens is 1. The van der Waals surface area contributed by atoms with E-state index in [1.54, 1.807) is 48.5 Å².